The Kier molecular flexibility index (Phi) is 12.3. The number of aliphatic hydroxyl groups is 1. The van der Waals surface area contributed by atoms with E-state index in [1.165, 1.54) is 26.4 Å². The quantitative estimate of drug-likeness (QED) is 0.223. The summed E-state index contributed by atoms with van der Waals surface area (Å²) >= 11 is 1.89. The number of ether oxygens (including phenoxy) is 1. The van der Waals surface area contributed by atoms with E-state index in [9.17, 15) is 14.4 Å². The summed E-state index contributed by atoms with van der Waals surface area (Å²) in [5.41, 5.74) is 1.21. The second-order valence-electron chi connectivity index (χ2n) is 9.53. The predicted molar refractivity (Wildman–Crippen MR) is 150 cm³/mol. The van der Waals surface area contributed by atoms with E-state index in [1.807, 2.05) is 30.1 Å². The van der Waals surface area contributed by atoms with Gasteiger partial charge in [0.2, 0.25) is 0 Å². The third kappa shape index (κ3) is 10.1. The fourth-order valence-corrected chi connectivity index (χ4v) is 5.03. The fourth-order valence-electron chi connectivity index (χ4n) is 4.10. The molecule has 0 atom stereocenters. The van der Waals surface area contributed by atoms with Gasteiger partial charge < -0.3 is 29.7 Å². The van der Waals surface area contributed by atoms with E-state index in [0.717, 1.165) is 38.3 Å². The lowest BCUT2D eigenvalue weighted by molar-refractivity contribution is -0.170. The fraction of sp³-hybridized carbons (Fsp3) is 0.429. The highest BCUT2D eigenvalue weighted by Crippen LogP contribution is 2.26. The van der Waals surface area contributed by atoms with Crippen LogP contribution in [0.4, 0.5) is 0 Å². The molecule has 0 bridgehead atoms. The van der Waals surface area contributed by atoms with Gasteiger partial charge in [0.1, 0.15) is 5.75 Å². The topological polar surface area (TPSA) is 162 Å². The highest BCUT2D eigenvalue weighted by atomic mass is 32.1. The summed E-state index contributed by atoms with van der Waals surface area (Å²) in [6.07, 6.45) is 4.59. The summed E-state index contributed by atoms with van der Waals surface area (Å²) in [5.74, 6) is -4.05. The molecule has 218 valence electrons. The first-order valence-corrected chi connectivity index (χ1v) is 13.4. The number of aromatic nitrogens is 2. The van der Waals surface area contributed by atoms with Gasteiger partial charge in [-0.05, 0) is 62.1 Å². The van der Waals surface area contributed by atoms with Crippen molar-refractivity contribution < 1.29 is 39.5 Å². The smallest absolute Gasteiger partial charge is 0.336 e. The van der Waals surface area contributed by atoms with E-state index in [4.69, 9.17) is 25.2 Å². The molecule has 1 aromatic carbocycles. The Morgan fingerprint density at radius 2 is 1.68 bits per heavy atom. The third-order valence-corrected chi connectivity index (χ3v) is 7.36. The average molecular weight is 576 g/mol. The van der Waals surface area contributed by atoms with E-state index in [2.05, 4.69) is 59.5 Å². The highest BCUT2D eigenvalue weighted by Gasteiger charge is 2.40. The van der Waals surface area contributed by atoms with Crippen molar-refractivity contribution in [1.29, 1.82) is 0 Å². The van der Waals surface area contributed by atoms with Crippen LogP contribution in [0.1, 0.15) is 45.7 Å². The summed E-state index contributed by atoms with van der Waals surface area (Å²) in [6.45, 7) is 10.5. The molecule has 0 fully saturated rings. The first-order valence-electron chi connectivity index (χ1n) is 12.6. The van der Waals surface area contributed by atoms with Gasteiger partial charge in [0, 0.05) is 48.3 Å². The summed E-state index contributed by atoms with van der Waals surface area (Å²) in [7, 11) is 1.74. The van der Waals surface area contributed by atoms with E-state index < -0.39 is 36.4 Å². The molecule has 0 unspecified atom stereocenters. The van der Waals surface area contributed by atoms with Crippen molar-refractivity contribution in [2.45, 2.75) is 65.3 Å². The van der Waals surface area contributed by atoms with Crippen LogP contribution in [-0.2, 0) is 34.0 Å². The van der Waals surface area contributed by atoms with Crippen LogP contribution in [0.3, 0.4) is 0 Å². The van der Waals surface area contributed by atoms with Crippen LogP contribution >= 0.6 is 11.3 Å². The molecule has 0 aliphatic heterocycles. The van der Waals surface area contributed by atoms with Crippen molar-refractivity contribution in [2.75, 3.05) is 13.7 Å². The number of imidazole rings is 1. The standard InChI is InChI=1S/C22H29N3OS.C6H8O7/c1-17-6-8-21(27-17)15-25(12-5-11-24-13-10-23-16-24)14-20-7-9-22(26-4)19(3)18(20)2;7-3(8)1-6(13,5(11)12)2-4(9)10/h6-10,13,16H,5,11-12,14-15H2,1-4H3;13H,1-2H2,(H,7,8)(H,9,10)(H,11,12). The monoisotopic (exact) mass is 575 g/mol. The highest BCUT2D eigenvalue weighted by molar-refractivity contribution is 7.11. The molecule has 0 saturated heterocycles. The molecule has 12 heteroatoms. The molecule has 0 saturated carbocycles. The zero-order chi connectivity index (χ0) is 29.9. The van der Waals surface area contributed by atoms with Gasteiger partial charge in [-0.1, -0.05) is 6.07 Å². The van der Waals surface area contributed by atoms with E-state index >= 15 is 0 Å². The lowest BCUT2D eigenvalue weighted by atomic mass is 9.96. The minimum atomic E-state index is -2.74. The SMILES string of the molecule is COc1ccc(CN(CCCn2ccnc2)Cc2ccc(C)s2)c(C)c1C.O=C(O)CC(O)(CC(=O)O)C(=O)O. The number of carboxylic acids is 3. The van der Waals surface area contributed by atoms with Crippen LogP contribution in [-0.4, -0.2) is 72.0 Å². The van der Waals surface area contributed by atoms with Crippen molar-refractivity contribution in [3.63, 3.8) is 0 Å². The van der Waals surface area contributed by atoms with E-state index in [1.54, 1.807) is 7.11 Å². The maximum Gasteiger partial charge on any atom is 0.336 e. The Morgan fingerprint density at radius 1 is 1.00 bits per heavy atom. The van der Waals surface area contributed by atoms with Gasteiger partial charge in [-0.15, -0.1) is 11.3 Å². The van der Waals surface area contributed by atoms with Gasteiger partial charge in [0.05, 0.1) is 26.3 Å². The van der Waals surface area contributed by atoms with Crippen LogP contribution < -0.4 is 4.74 Å². The van der Waals surface area contributed by atoms with Gasteiger partial charge in [-0.3, -0.25) is 14.5 Å². The Hall–Kier alpha value is -3.74. The number of aryl methyl sites for hydroxylation is 2. The number of hydrogen-bond acceptors (Lipinski definition) is 8. The van der Waals surface area contributed by atoms with Gasteiger partial charge in [-0.25, -0.2) is 9.78 Å². The molecule has 2 heterocycles. The average Bonchev–Trinajstić information content (AvgIpc) is 3.53. The van der Waals surface area contributed by atoms with Gasteiger partial charge in [-0.2, -0.15) is 0 Å². The van der Waals surface area contributed by atoms with Crippen LogP contribution in [0.5, 0.6) is 5.75 Å². The van der Waals surface area contributed by atoms with Crippen LogP contribution in [0.2, 0.25) is 0 Å². The summed E-state index contributed by atoms with van der Waals surface area (Å²) in [6, 6.07) is 8.78. The molecule has 0 amide bonds. The van der Waals surface area contributed by atoms with Gasteiger partial charge in [0.15, 0.2) is 5.60 Å². The number of aliphatic carboxylic acids is 3. The number of nitrogens with zero attached hydrogens (tertiary/aromatic N) is 3. The van der Waals surface area contributed by atoms with Crippen molar-refractivity contribution in [3.8, 4) is 5.75 Å². The van der Waals surface area contributed by atoms with Crippen molar-refractivity contribution in [1.82, 2.24) is 14.5 Å². The van der Waals surface area contributed by atoms with Gasteiger partial charge >= 0.3 is 17.9 Å². The summed E-state index contributed by atoms with van der Waals surface area (Å²) in [5, 5.41) is 33.8. The minimum absolute atomic E-state index is 0.956. The number of carbonyl (C=O) groups is 3. The number of benzene rings is 1. The number of rotatable bonds is 14. The number of methoxy groups -OCH3 is 1. The van der Waals surface area contributed by atoms with Gasteiger partial charge in [0.25, 0.3) is 0 Å². The number of carboxylic acid groups (broad SMARTS) is 3. The molecular formula is C28H37N3O8S. The minimum Gasteiger partial charge on any atom is -0.496 e. The van der Waals surface area contributed by atoms with Crippen LogP contribution in [0.25, 0.3) is 0 Å². The molecule has 0 aliphatic rings. The molecule has 11 nitrogen and oxygen atoms in total. The largest absolute Gasteiger partial charge is 0.496 e. The Labute approximate surface area is 237 Å². The predicted octanol–water partition coefficient (Wildman–Crippen LogP) is 3.72. The van der Waals surface area contributed by atoms with Crippen molar-refractivity contribution >= 4 is 29.2 Å². The maximum absolute atomic E-state index is 10.3. The molecule has 4 N–H and O–H groups in total. The zero-order valence-electron chi connectivity index (χ0n) is 23.2. The maximum atomic E-state index is 10.3. The molecule has 2 aromatic heterocycles. The Balaban J connectivity index is 0.000000366. The first kappa shape index (κ1) is 32.5. The van der Waals surface area contributed by atoms with E-state index in [-0.39, 0.29) is 0 Å². The first-order chi connectivity index (χ1) is 18.8. The Bertz CT molecular complexity index is 1260. The third-order valence-electron chi connectivity index (χ3n) is 6.37. The van der Waals surface area contributed by atoms with E-state index in [0.29, 0.717) is 0 Å². The molecule has 3 aromatic rings. The molecule has 0 radical (unpaired) electrons. The van der Waals surface area contributed by atoms with Crippen molar-refractivity contribution in [2.24, 2.45) is 0 Å². The lowest BCUT2D eigenvalue weighted by Gasteiger charge is -2.24. The molecular weight excluding hydrogens is 538 g/mol. The molecule has 3 rings (SSSR count). The normalized spacial score (nSPS) is 11.2. The molecule has 40 heavy (non-hydrogen) atoms. The second-order valence-corrected chi connectivity index (χ2v) is 10.9. The van der Waals surface area contributed by atoms with Crippen molar-refractivity contribution in [3.05, 3.63) is 69.4 Å². The zero-order valence-corrected chi connectivity index (χ0v) is 24.0. The number of thiophene rings is 1. The lowest BCUT2D eigenvalue weighted by Crippen LogP contribution is -2.42. The molecule has 0 aliphatic carbocycles. The summed E-state index contributed by atoms with van der Waals surface area (Å²) < 4.78 is 7.62. The summed E-state index contributed by atoms with van der Waals surface area (Å²) in [4.78, 5) is 40.0. The Morgan fingerprint density at radius 3 is 2.17 bits per heavy atom. The molecule has 0 spiro atoms. The van der Waals surface area contributed by atoms with Crippen LogP contribution in [0, 0.1) is 20.8 Å². The number of hydrogen-bond donors (Lipinski definition) is 4. The second kappa shape index (κ2) is 15.2. The van der Waals surface area contributed by atoms with Crippen LogP contribution in [0.15, 0.2) is 43.0 Å².